The van der Waals surface area contributed by atoms with Crippen LogP contribution >= 0.6 is 27.5 Å². The SMILES string of the molecule is O=[N+]([O-])c1cc(Br)cnc1Nc1cc(Cl)ccn1. The van der Waals surface area contributed by atoms with Crippen LogP contribution in [0.2, 0.25) is 5.02 Å². The first-order valence-electron chi connectivity index (χ1n) is 4.75. The maximum absolute atomic E-state index is 10.9. The lowest BCUT2D eigenvalue weighted by atomic mass is 10.4. The normalized spacial score (nSPS) is 10.1. The summed E-state index contributed by atoms with van der Waals surface area (Å²) in [5.74, 6) is 0.499. The molecule has 2 rings (SSSR count). The van der Waals surface area contributed by atoms with Crippen molar-refractivity contribution in [2.75, 3.05) is 5.32 Å². The van der Waals surface area contributed by atoms with Gasteiger partial charge in [-0.3, -0.25) is 10.1 Å². The van der Waals surface area contributed by atoms with Crippen LogP contribution in [0.3, 0.4) is 0 Å². The topological polar surface area (TPSA) is 81.0 Å². The summed E-state index contributed by atoms with van der Waals surface area (Å²) in [6.45, 7) is 0. The lowest BCUT2D eigenvalue weighted by Gasteiger charge is -2.05. The number of hydrogen-bond donors (Lipinski definition) is 1. The van der Waals surface area contributed by atoms with E-state index in [-0.39, 0.29) is 11.5 Å². The molecule has 2 heterocycles. The Hall–Kier alpha value is -1.73. The molecule has 0 fully saturated rings. The lowest BCUT2D eigenvalue weighted by molar-refractivity contribution is -0.384. The van der Waals surface area contributed by atoms with Gasteiger partial charge in [-0.15, -0.1) is 0 Å². The van der Waals surface area contributed by atoms with Gasteiger partial charge >= 0.3 is 5.69 Å². The van der Waals surface area contributed by atoms with Gasteiger partial charge in [0.2, 0.25) is 5.82 Å². The van der Waals surface area contributed by atoms with E-state index < -0.39 is 4.92 Å². The summed E-state index contributed by atoms with van der Waals surface area (Å²) in [5.41, 5.74) is -0.147. The summed E-state index contributed by atoms with van der Waals surface area (Å²) in [5, 5.41) is 14.1. The lowest BCUT2D eigenvalue weighted by Crippen LogP contribution is -2.00. The Bertz CT molecular complexity index is 608. The summed E-state index contributed by atoms with van der Waals surface area (Å²) in [6.07, 6.45) is 2.95. The van der Waals surface area contributed by atoms with Crippen molar-refractivity contribution in [3.63, 3.8) is 0 Å². The Morgan fingerprint density at radius 2 is 2.17 bits per heavy atom. The molecule has 18 heavy (non-hydrogen) atoms. The number of nitrogens with one attached hydrogen (secondary N) is 1. The third-order valence-electron chi connectivity index (χ3n) is 2.00. The van der Waals surface area contributed by atoms with E-state index in [9.17, 15) is 10.1 Å². The highest BCUT2D eigenvalue weighted by atomic mass is 79.9. The van der Waals surface area contributed by atoms with Crippen molar-refractivity contribution < 1.29 is 4.92 Å². The van der Waals surface area contributed by atoms with Gasteiger partial charge in [-0.25, -0.2) is 9.97 Å². The monoisotopic (exact) mass is 328 g/mol. The molecule has 0 aliphatic carbocycles. The minimum atomic E-state index is -0.523. The van der Waals surface area contributed by atoms with Crippen molar-refractivity contribution in [3.05, 3.63) is 50.2 Å². The second-order valence-electron chi connectivity index (χ2n) is 3.26. The summed E-state index contributed by atoms with van der Waals surface area (Å²) in [4.78, 5) is 18.3. The first kappa shape index (κ1) is 12.7. The molecule has 0 amide bonds. The van der Waals surface area contributed by atoms with E-state index in [1.807, 2.05) is 0 Å². The smallest absolute Gasteiger partial charge is 0.312 e. The number of nitro groups is 1. The van der Waals surface area contributed by atoms with Gasteiger partial charge in [0.05, 0.1) is 4.92 Å². The van der Waals surface area contributed by atoms with Crippen molar-refractivity contribution >= 4 is 44.9 Å². The van der Waals surface area contributed by atoms with E-state index >= 15 is 0 Å². The van der Waals surface area contributed by atoms with Gasteiger partial charge in [0.1, 0.15) is 5.82 Å². The van der Waals surface area contributed by atoms with Crippen molar-refractivity contribution in [1.82, 2.24) is 9.97 Å². The summed E-state index contributed by atoms with van der Waals surface area (Å²) in [7, 11) is 0. The Kier molecular flexibility index (Phi) is 3.73. The Balaban J connectivity index is 2.37. The Labute approximate surface area is 115 Å². The number of hydrogen-bond acceptors (Lipinski definition) is 5. The van der Waals surface area contributed by atoms with E-state index in [2.05, 4.69) is 31.2 Å². The van der Waals surface area contributed by atoms with E-state index in [4.69, 9.17) is 11.6 Å². The van der Waals surface area contributed by atoms with Crippen molar-refractivity contribution in [2.24, 2.45) is 0 Å². The minimum absolute atomic E-state index is 0.109. The van der Waals surface area contributed by atoms with Crippen LogP contribution < -0.4 is 5.32 Å². The molecule has 0 aromatic carbocycles. The molecule has 0 aliphatic heterocycles. The van der Waals surface area contributed by atoms with Crippen LogP contribution in [0.15, 0.2) is 35.1 Å². The molecule has 2 aromatic heterocycles. The van der Waals surface area contributed by atoms with Crippen LogP contribution in [0.25, 0.3) is 0 Å². The fraction of sp³-hybridized carbons (Fsp3) is 0. The quantitative estimate of drug-likeness (QED) is 0.688. The number of aromatic nitrogens is 2. The van der Waals surface area contributed by atoms with E-state index in [1.54, 1.807) is 12.1 Å². The number of halogens is 2. The van der Waals surface area contributed by atoms with Gasteiger partial charge in [-0.2, -0.15) is 0 Å². The van der Waals surface area contributed by atoms with Gasteiger partial charge in [-0.1, -0.05) is 11.6 Å². The molecule has 0 saturated heterocycles. The molecule has 0 atom stereocenters. The molecule has 92 valence electrons. The molecule has 0 radical (unpaired) electrons. The van der Waals surface area contributed by atoms with Crippen LogP contribution in [0.1, 0.15) is 0 Å². The predicted molar refractivity (Wildman–Crippen MR) is 71.1 cm³/mol. The zero-order chi connectivity index (χ0) is 13.1. The number of rotatable bonds is 3. The summed E-state index contributed by atoms with van der Waals surface area (Å²) < 4.78 is 0.527. The molecule has 2 aromatic rings. The standard InChI is InChI=1S/C10H6BrClN4O2/c11-6-3-8(16(17)18)10(14-5-6)15-9-4-7(12)1-2-13-9/h1-5H,(H,13,14,15). The maximum atomic E-state index is 10.9. The molecule has 0 unspecified atom stereocenters. The third kappa shape index (κ3) is 2.93. The van der Waals surface area contributed by atoms with Gasteiger partial charge < -0.3 is 5.32 Å². The van der Waals surface area contributed by atoms with E-state index in [0.717, 1.165) is 0 Å². The van der Waals surface area contributed by atoms with Crippen LogP contribution in [0, 0.1) is 10.1 Å². The molecule has 0 aliphatic rings. The van der Waals surface area contributed by atoms with Crippen LogP contribution in [0.4, 0.5) is 17.3 Å². The van der Waals surface area contributed by atoms with Crippen molar-refractivity contribution in [2.45, 2.75) is 0 Å². The van der Waals surface area contributed by atoms with Crippen molar-refractivity contribution in [3.8, 4) is 0 Å². The molecule has 0 bridgehead atoms. The fourth-order valence-electron chi connectivity index (χ4n) is 1.26. The minimum Gasteiger partial charge on any atom is -0.319 e. The Morgan fingerprint density at radius 1 is 1.39 bits per heavy atom. The number of nitrogens with zero attached hydrogens (tertiary/aromatic N) is 3. The summed E-state index contributed by atoms with van der Waals surface area (Å²) >= 11 is 8.93. The highest BCUT2D eigenvalue weighted by molar-refractivity contribution is 9.10. The molecular formula is C10H6BrClN4O2. The first-order valence-corrected chi connectivity index (χ1v) is 5.92. The van der Waals surface area contributed by atoms with Crippen molar-refractivity contribution in [1.29, 1.82) is 0 Å². The van der Waals surface area contributed by atoms with Crippen LogP contribution in [0.5, 0.6) is 0 Å². The van der Waals surface area contributed by atoms with E-state index in [1.165, 1.54) is 18.5 Å². The van der Waals surface area contributed by atoms with Gasteiger partial charge in [0.15, 0.2) is 0 Å². The van der Waals surface area contributed by atoms with E-state index in [0.29, 0.717) is 15.3 Å². The average Bonchev–Trinajstić information content (AvgIpc) is 2.31. The van der Waals surface area contributed by atoms with Crippen LogP contribution in [-0.2, 0) is 0 Å². The fourth-order valence-corrected chi connectivity index (χ4v) is 1.74. The molecule has 8 heteroatoms. The molecule has 0 saturated carbocycles. The largest absolute Gasteiger partial charge is 0.319 e. The average molecular weight is 330 g/mol. The second-order valence-corrected chi connectivity index (χ2v) is 4.61. The maximum Gasteiger partial charge on any atom is 0.312 e. The molecular weight excluding hydrogens is 323 g/mol. The predicted octanol–water partition coefficient (Wildman–Crippen LogP) is 3.54. The Morgan fingerprint density at radius 3 is 2.83 bits per heavy atom. The molecule has 1 N–H and O–H groups in total. The van der Waals surface area contributed by atoms with Gasteiger partial charge in [-0.05, 0) is 28.1 Å². The third-order valence-corrected chi connectivity index (χ3v) is 2.67. The number of anilines is 2. The second kappa shape index (κ2) is 5.28. The highest BCUT2D eigenvalue weighted by Crippen LogP contribution is 2.27. The first-order chi connectivity index (χ1) is 8.56. The highest BCUT2D eigenvalue weighted by Gasteiger charge is 2.16. The molecule has 0 spiro atoms. The zero-order valence-electron chi connectivity index (χ0n) is 8.80. The van der Waals surface area contributed by atoms with Crippen LogP contribution in [-0.4, -0.2) is 14.9 Å². The molecule has 6 nitrogen and oxygen atoms in total. The van der Waals surface area contributed by atoms with Gasteiger partial charge in [0.25, 0.3) is 0 Å². The van der Waals surface area contributed by atoms with Gasteiger partial charge in [0, 0.05) is 28.0 Å². The number of pyridine rings is 2. The summed E-state index contributed by atoms with van der Waals surface area (Å²) in [6, 6.07) is 4.52. The zero-order valence-corrected chi connectivity index (χ0v) is 11.1.